The highest BCUT2D eigenvalue weighted by atomic mass is 16.5. The molecular weight excluding hydrogens is 470 g/mol. The Hall–Kier alpha value is -1.06. The summed E-state index contributed by atoms with van der Waals surface area (Å²) in [7, 11) is 0. The van der Waals surface area contributed by atoms with Crippen molar-refractivity contribution in [2.24, 2.45) is 0 Å². The Labute approximate surface area is 238 Å². The van der Waals surface area contributed by atoms with Gasteiger partial charge in [0, 0.05) is 19.4 Å². The van der Waals surface area contributed by atoms with E-state index in [0.717, 1.165) is 38.6 Å². The van der Waals surface area contributed by atoms with E-state index < -0.39 is 0 Å². The monoisotopic (exact) mass is 538 g/mol. The molecule has 1 amide bonds. The van der Waals surface area contributed by atoms with Gasteiger partial charge < -0.3 is 10.1 Å². The Morgan fingerprint density at radius 2 is 0.816 bits per heavy atom. The van der Waals surface area contributed by atoms with E-state index in [0.29, 0.717) is 19.4 Å². The van der Waals surface area contributed by atoms with E-state index in [1.165, 1.54) is 135 Å². The summed E-state index contributed by atoms with van der Waals surface area (Å²) in [6, 6.07) is 0. The van der Waals surface area contributed by atoms with Crippen LogP contribution in [-0.4, -0.2) is 25.0 Å². The highest BCUT2D eigenvalue weighted by molar-refractivity contribution is 5.75. The van der Waals surface area contributed by atoms with Gasteiger partial charge in [-0.2, -0.15) is 0 Å². The summed E-state index contributed by atoms with van der Waals surface area (Å²) in [5, 5.41) is 3.03. The lowest BCUT2D eigenvalue weighted by Gasteiger charge is -2.07. The number of unbranched alkanes of at least 4 members (excludes halogenated alkanes) is 23. The molecule has 0 saturated heterocycles. The quantitative estimate of drug-likeness (QED) is 0.0706. The average Bonchev–Trinajstić information content (AvgIpc) is 2.91. The van der Waals surface area contributed by atoms with E-state index in [-0.39, 0.29) is 11.9 Å². The molecule has 38 heavy (non-hydrogen) atoms. The van der Waals surface area contributed by atoms with Crippen LogP contribution >= 0.6 is 0 Å². The molecule has 0 aliphatic rings. The van der Waals surface area contributed by atoms with Crippen LogP contribution in [0.15, 0.2) is 0 Å². The SMILES string of the molecule is CCCCCCCCCCCCCCCC(=O)NCCCCCC(=O)OCCCCCCCCCCCC. The number of rotatable bonds is 31. The van der Waals surface area contributed by atoms with Gasteiger partial charge >= 0.3 is 5.97 Å². The van der Waals surface area contributed by atoms with Gasteiger partial charge in [-0.1, -0.05) is 155 Å². The van der Waals surface area contributed by atoms with Crippen LogP contribution in [0.4, 0.5) is 0 Å². The molecule has 0 atom stereocenters. The summed E-state index contributed by atoms with van der Waals surface area (Å²) in [6.07, 6.45) is 34.1. The predicted molar refractivity (Wildman–Crippen MR) is 165 cm³/mol. The number of esters is 1. The van der Waals surface area contributed by atoms with Gasteiger partial charge in [-0.15, -0.1) is 0 Å². The minimum absolute atomic E-state index is 0.0626. The number of ether oxygens (including phenoxy) is 1. The van der Waals surface area contributed by atoms with Crippen molar-refractivity contribution in [1.82, 2.24) is 5.32 Å². The van der Waals surface area contributed by atoms with Gasteiger partial charge in [0.05, 0.1) is 6.61 Å². The van der Waals surface area contributed by atoms with Gasteiger partial charge in [0.2, 0.25) is 5.91 Å². The molecule has 0 aromatic carbocycles. The van der Waals surface area contributed by atoms with E-state index in [1.54, 1.807) is 0 Å². The maximum absolute atomic E-state index is 12.0. The van der Waals surface area contributed by atoms with E-state index in [4.69, 9.17) is 4.74 Å². The first-order chi connectivity index (χ1) is 18.7. The van der Waals surface area contributed by atoms with Crippen molar-refractivity contribution in [1.29, 1.82) is 0 Å². The van der Waals surface area contributed by atoms with Crippen molar-refractivity contribution in [2.75, 3.05) is 13.2 Å². The Morgan fingerprint density at radius 3 is 1.29 bits per heavy atom. The number of amides is 1. The maximum Gasteiger partial charge on any atom is 0.305 e. The molecule has 0 aromatic rings. The van der Waals surface area contributed by atoms with Crippen molar-refractivity contribution in [2.45, 2.75) is 194 Å². The second-order valence-corrected chi connectivity index (χ2v) is 11.6. The van der Waals surface area contributed by atoms with Crippen LogP contribution < -0.4 is 5.32 Å². The molecule has 0 bridgehead atoms. The maximum atomic E-state index is 12.0. The summed E-state index contributed by atoms with van der Waals surface area (Å²) in [6.45, 7) is 5.84. The van der Waals surface area contributed by atoms with Gasteiger partial charge in [0.25, 0.3) is 0 Å². The lowest BCUT2D eigenvalue weighted by atomic mass is 10.0. The van der Waals surface area contributed by atoms with Crippen LogP contribution in [0.25, 0.3) is 0 Å². The minimum Gasteiger partial charge on any atom is -0.466 e. The normalized spacial score (nSPS) is 11.1. The third-order valence-corrected chi connectivity index (χ3v) is 7.65. The number of carbonyl (C=O) groups is 2. The first kappa shape index (κ1) is 36.9. The average molecular weight is 538 g/mol. The molecular formula is C34H67NO3. The van der Waals surface area contributed by atoms with E-state index in [2.05, 4.69) is 19.2 Å². The summed E-state index contributed by atoms with van der Waals surface area (Å²) in [4.78, 5) is 23.8. The predicted octanol–water partition coefficient (Wildman–Crippen LogP) is 10.6. The Bertz CT molecular complexity index is 494. The Morgan fingerprint density at radius 1 is 0.447 bits per heavy atom. The molecule has 0 spiro atoms. The summed E-state index contributed by atoms with van der Waals surface area (Å²) >= 11 is 0. The molecule has 0 aliphatic carbocycles. The van der Waals surface area contributed by atoms with Crippen molar-refractivity contribution in [3.05, 3.63) is 0 Å². The van der Waals surface area contributed by atoms with Gasteiger partial charge in [0.15, 0.2) is 0 Å². The molecule has 0 fully saturated rings. The van der Waals surface area contributed by atoms with Gasteiger partial charge in [-0.05, 0) is 25.7 Å². The number of carbonyl (C=O) groups excluding carboxylic acids is 2. The zero-order valence-electron chi connectivity index (χ0n) is 25.9. The van der Waals surface area contributed by atoms with Crippen LogP contribution in [0.2, 0.25) is 0 Å². The van der Waals surface area contributed by atoms with Crippen LogP contribution in [0.5, 0.6) is 0 Å². The Balaban J connectivity index is 3.26. The molecule has 0 aromatic heterocycles. The minimum atomic E-state index is -0.0626. The third-order valence-electron chi connectivity index (χ3n) is 7.65. The van der Waals surface area contributed by atoms with Crippen molar-refractivity contribution >= 4 is 11.9 Å². The highest BCUT2D eigenvalue weighted by Gasteiger charge is 2.04. The molecule has 226 valence electrons. The number of hydrogen-bond acceptors (Lipinski definition) is 3. The van der Waals surface area contributed by atoms with Crippen LogP contribution in [-0.2, 0) is 14.3 Å². The fraction of sp³-hybridized carbons (Fsp3) is 0.941. The molecule has 4 nitrogen and oxygen atoms in total. The second kappa shape index (κ2) is 32.2. The zero-order valence-corrected chi connectivity index (χ0v) is 25.9. The van der Waals surface area contributed by atoms with Crippen LogP contribution in [0.3, 0.4) is 0 Å². The number of hydrogen-bond donors (Lipinski definition) is 1. The standard InChI is InChI=1S/C34H67NO3/c1-3-5-7-9-11-13-15-16-17-18-20-22-25-29-33(36)35-31-27-24-26-30-34(37)38-32-28-23-21-19-14-12-10-8-6-4-2/h3-32H2,1-2H3,(H,35,36). The topological polar surface area (TPSA) is 55.4 Å². The highest BCUT2D eigenvalue weighted by Crippen LogP contribution is 2.13. The molecule has 0 saturated carbocycles. The van der Waals surface area contributed by atoms with Gasteiger partial charge in [-0.3, -0.25) is 9.59 Å². The fourth-order valence-corrected chi connectivity index (χ4v) is 5.04. The van der Waals surface area contributed by atoms with Crippen molar-refractivity contribution in [3.63, 3.8) is 0 Å². The Kier molecular flexibility index (Phi) is 31.3. The molecule has 1 N–H and O–H groups in total. The number of nitrogens with one attached hydrogen (secondary N) is 1. The van der Waals surface area contributed by atoms with Crippen LogP contribution in [0.1, 0.15) is 194 Å². The van der Waals surface area contributed by atoms with Crippen molar-refractivity contribution < 1.29 is 14.3 Å². The molecule has 0 unspecified atom stereocenters. The van der Waals surface area contributed by atoms with E-state index in [9.17, 15) is 9.59 Å². The van der Waals surface area contributed by atoms with E-state index in [1.807, 2.05) is 0 Å². The first-order valence-corrected chi connectivity index (χ1v) is 17.1. The van der Waals surface area contributed by atoms with Crippen molar-refractivity contribution in [3.8, 4) is 0 Å². The second-order valence-electron chi connectivity index (χ2n) is 11.6. The third kappa shape index (κ3) is 31.2. The summed E-state index contributed by atoms with van der Waals surface area (Å²) < 4.78 is 5.36. The van der Waals surface area contributed by atoms with Gasteiger partial charge in [0.1, 0.15) is 0 Å². The van der Waals surface area contributed by atoms with Crippen LogP contribution in [0, 0.1) is 0 Å². The molecule has 0 rings (SSSR count). The first-order valence-electron chi connectivity index (χ1n) is 17.1. The van der Waals surface area contributed by atoms with Gasteiger partial charge in [-0.25, -0.2) is 0 Å². The molecule has 0 aliphatic heterocycles. The zero-order chi connectivity index (χ0) is 27.8. The summed E-state index contributed by atoms with van der Waals surface area (Å²) in [5.41, 5.74) is 0. The summed E-state index contributed by atoms with van der Waals surface area (Å²) in [5.74, 6) is 0.122. The molecule has 0 heterocycles. The lowest BCUT2D eigenvalue weighted by molar-refractivity contribution is -0.143. The lowest BCUT2D eigenvalue weighted by Crippen LogP contribution is -2.24. The molecule has 4 heteroatoms. The molecule has 0 radical (unpaired) electrons. The van der Waals surface area contributed by atoms with E-state index >= 15 is 0 Å². The largest absolute Gasteiger partial charge is 0.466 e. The fourth-order valence-electron chi connectivity index (χ4n) is 5.04. The smallest absolute Gasteiger partial charge is 0.305 e.